The smallest absolute Gasteiger partial charge is 0.407 e. The molecule has 330 valence electrons. The minimum atomic E-state index is -1.14. The molecule has 0 radical (unpaired) electrons. The molecule has 1 aliphatic rings. The number of likely N-dealkylation sites (N-methyl/N-ethyl adjacent to an activating group) is 1. The first kappa shape index (κ1) is 49.1. The van der Waals surface area contributed by atoms with Gasteiger partial charge in [0.25, 0.3) is 11.8 Å². The van der Waals surface area contributed by atoms with E-state index in [1.165, 1.54) is 12.1 Å². The van der Waals surface area contributed by atoms with Crippen LogP contribution in [0.15, 0.2) is 29.6 Å². The Bertz CT molecular complexity index is 1660. The van der Waals surface area contributed by atoms with Crippen molar-refractivity contribution < 1.29 is 38.7 Å². The summed E-state index contributed by atoms with van der Waals surface area (Å²) in [6.45, 7) is 14.2. The van der Waals surface area contributed by atoms with Crippen LogP contribution in [0.4, 0.5) is 10.5 Å². The minimum Gasteiger partial charge on any atom is -0.481 e. The number of thiazole rings is 1. The summed E-state index contributed by atoms with van der Waals surface area (Å²) < 4.78 is 5.91. The number of aliphatic carboxylic acids is 1. The second-order valence-electron chi connectivity index (χ2n) is 16.8. The Morgan fingerprint density at radius 1 is 1.08 bits per heavy atom. The highest BCUT2D eigenvalue weighted by molar-refractivity contribution is 7.09. The van der Waals surface area contributed by atoms with Gasteiger partial charge in [-0.25, -0.2) is 14.8 Å². The van der Waals surface area contributed by atoms with Crippen molar-refractivity contribution in [1.29, 1.82) is 0 Å². The van der Waals surface area contributed by atoms with E-state index in [9.17, 15) is 29.1 Å². The van der Waals surface area contributed by atoms with E-state index in [0.29, 0.717) is 36.4 Å². The number of nitrogens with zero attached hydrogens (tertiary/aromatic N) is 3. The number of ether oxygens (including phenoxy) is 1. The van der Waals surface area contributed by atoms with Crippen molar-refractivity contribution in [2.45, 2.75) is 143 Å². The van der Waals surface area contributed by atoms with Crippen molar-refractivity contribution in [3.8, 4) is 0 Å². The molecule has 0 saturated carbocycles. The van der Waals surface area contributed by atoms with E-state index in [1.54, 1.807) is 43.3 Å². The van der Waals surface area contributed by atoms with E-state index in [1.807, 2.05) is 39.8 Å². The number of nitrogens with one attached hydrogen (secondary N) is 3. The number of unbranched alkanes of at least 4 members (excludes halogenated alkanes) is 2. The number of anilines is 1. The first-order valence-corrected chi connectivity index (χ1v) is 22.0. The van der Waals surface area contributed by atoms with E-state index in [0.717, 1.165) is 49.1 Å². The number of aromatic nitrogens is 1. The number of rotatable bonds is 23. The Labute approximate surface area is 354 Å². The van der Waals surface area contributed by atoms with Gasteiger partial charge in [0.1, 0.15) is 16.7 Å². The van der Waals surface area contributed by atoms with Gasteiger partial charge in [-0.15, -0.1) is 11.3 Å². The number of hydrogen-bond acceptors (Lipinski definition) is 11. The minimum absolute atomic E-state index is 0.0732. The van der Waals surface area contributed by atoms with Crippen LogP contribution >= 0.6 is 11.3 Å². The van der Waals surface area contributed by atoms with Gasteiger partial charge in [0.2, 0.25) is 5.91 Å². The molecule has 6 atom stereocenters. The quantitative estimate of drug-likeness (QED) is 0.0474. The first-order valence-electron chi connectivity index (χ1n) is 21.1. The molecule has 2 aromatic rings. The van der Waals surface area contributed by atoms with Gasteiger partial charge in [-0.1, -0.05) is 72.4 Å². The van der Waals surface area contributed by atoms with E-state index in [4.69, 9.17) is 15.3 Å². The number of carbonyl (C=O) groups is 5. The Morgan fingerprint density at radius 2 is 1.78 bits per heavy atom. The van der Waals surface area contributed by atoms with Gasteiger partial charge < -0.3 is 36.4 Å². The Kier molecular flexibility index (Phi) is 19.5. The maximum absolute atomic E-state index is 14.9. The highest BCUT2D eigenvalue weighted by Crippen LogP contribution is 2.33. The molecule has 4 amide bonds. The first-order chi connectivity index (χ1) is 27.9. The molecule has 0 aliphatic carbocycles. The lowest BCUT2D eigenvalue weighted by atomic mass is 9.84. The molecule has 59 heavy (non-hydrogen) atoms. The van der Waals surface area contributed by atoms with Crippen LogP contribution in [0, 0.1) is 17.3 Å². The normalized spacial score (nSPS) is 16.9. The van der Waals surface area contributed by atoms with E-state index in [-0.39, 0.29) is 54.8 Å². The second-order valence-corrected chi connectivity index (χ2v) is 17.6. The van der Waals surface area contributed by atoms with Crippen LogP contribution in [0.5, 0.6) is 0 Å². The number of hydroxylamine groups is 2. The van der Waals surface area contributed by atoms with Gasteiger partial charge in [0, 0.05) is 37.6 Å². The van der Waals surface area contributed by atoms with E-state index < -0.39 is 47.6 Å². The Balaban J connectivity index is 1.98. The van der Waals surface area contributed by atoms with Gasteiger partial charge in [-0.05, 0) is 82.0 Å². The molecule has 1 fully saturated rings. The lowest BCUT2D eigenvalue weighted by Crippen LogP contribution is -2.59. The van der Waals surface area contributed by atoms with Gasteiger partial charge in [-0.2, -0.15) is 0 Å². The lowest BCUT2D eigenvalue weighted by molar-refractivity contribution is -0.215. The molecule has 1 aromatic heterocycles. The molecule has 15 nitrogen and oxygen atoms in total. The summed E-state index contributed by atoms with van der Waals surface area (Å²) >= 11 is 1.14. The van der Waals surface area contributed by atoms with Gasteiger partial charge in [0.15, 0.2) is 6.10 Å². The molecule has 0 unspecified atom stereocenters. The highest BCUT2D eigenvalue weighted by Gasteiger charge is 2.42. The summed E-state index contributed by atoms with van der Waals surface area (Å²) in [5.41, 5.74) is 6.27. The molecule has 1 saturated heterocycles. The van der Waals surface area contributed by atoms with E-state index in [2.05, 4.69) is 27.9 Å². The van der Waals surface area contributed by atoms with Crippen LogP contribution < -0.4 is 21.7 Å². The molecule has 3 rings (SSSR count). The number of carbonyl (C=O) groups excluding carboxylic acids is 4. The number of nitrogens with two attached hydrogens (primary N) is 1. The zero-order valence-corrected chi connectivity index (χ0v) is 37.4. The summed E-state index contributed by atoms with van der Waals surface area (Å²) in [5.74, 6) is -2.38. The predicted molar refractivity (Wildman–Crippen MR) is 229 cm³/mol. The van der Waals surface area contributed by atoms with Crippen LogP contribution in [0.1, 0.15) is 133 Å². The summed E-state index contributed by atoms with van der Waals surface area (Å²) in [5, 5.41) is 22.0. The molecule has 16 heteroatoms. The van der Waals surface area contributed by atoms with Crippen LogP contribution in [-0.4, -0.2) is 101 Å². The third-order valence-electron chi connectivity index (χ3n) is 11.1. The number of carboxylic acid groups (broad SMARTS) is 1. The number of piperidine rings is 1. The zero-order chi connectivity index (χ0) is 43.9. The third-order valence-corrected chi connectivity index (χ3v) is 12.1. The van der Waals surface area contributed by atoms with Crippen molar-refractivity contribution >= 4 is 46.8 Å². The van der Waals surface area contributed by atoms with Crippen LogP contribution in [0.2, 0.25) is 0 Å². The Hall–Kier alpha value is -4.28. The lowest BCUT2D eigenvalue weighted by Gasteiger charge is -2.41. The SMILES string of the molecule is CCCCCON(C(=O)[C@H]([C@@H](C)CC)N(C)C(=O)[C@H]1CCCCN1)[C@H](C[C@@H](OC(=O)NC)c1nc(C(=O)N[C@@H](Cc2ccc(N)cc2)CC(C)(C)C(=O)O)cs1)C(C)C. The average molecular weight is 844 g/mol. The third kappa shape index (κ3) is 14.5. The predicted octanol–water partition coefficient (Wildman–Crippen LogP) is 6.34. The van der Waals surface area contributed by atoms with Crippen molar-refractivity contribution in [1.82, 2.24) is 30.9 Å². The number of carboxylic acids is 1. The number of benzene rings is 1. The summed E-state index contributed by atoms with van der Waals surface area (Å²) in [6.07, 6.45) is 4.71. The number of nitrogen functional groups attached to an aromatic ring is 1. The molecule has 6 N–H and O–H groups in total. The van der Waals surface area contributed by atoms with Crippen LogP contribution in [0.25, 0.3) is 0 Å². The number of hydrogen-bond donors (Lipinski definition) is 5. The van der Waals surface area contributed by atoms with E-state index >= 15 is 0 Å². The fraction of sp³-hybridized carbons (Fsp3) is 0.674. The van der Waals surface area contributed by atoms with Crippen molar-refractivity contribution in [3.05, 3.63) is 45.9 Å². The largest absolute Gasteiger partial charge is 0.481 e. The van der Waals surface area contributed by atoms with Crippen LogP contribution in [0.3, 0.4) is 0 Å². The van der Waals surface area contributed by atoms with Crippen LogP contribution in [-0.2, 0) is 30.4 Å². The zero-order valence-electron chi connectivity index (χ0n) is 36.5. The molecule has 0 bridgehead atoms. The molecular weight excluding hydrogens is 775 g/mol. The Morgan fingerprint density at radius 3 is 2.36 bits per heavy atom. The summed E-state index contributed by atoms with van der Waals surface area (Å²) in [6, 6.07) is 4.80. The van der Waals surface area contributed by atoms with Crippen molar-refractivity contribution in [3.63, 3.8) is 0 Å². The fourth-order valence-electron chi connectivity index (χ4n) is 7.29. The molecule has 1 aliphatic heterocycles. The fourth-order valence-corrected chi connectivity index (χ4v) is 8.13. The maximum atomic E-state index is 14.9. The monoisotopic (exact) mass is 843 g/mol. The maximum Gasteiger partial charge on any atom is 0.407 e. The van der Waals surface area contributed by atoms with Crippen molar-refractivity contribution in [2.75, 3.05) is 33.0 Å². The second kappa shape index (κ2) is 23.5. The molecule has 2 heterocycles. The molecule has 0 spiro atoms. The number of alkyl carbamates (subject to hydrolysis) is 1. The van der Waals surface area contributed by atoms with Gasteiger partial charge in [0.05, 0.1) is 24.1 Å². The molecular formula is C43H69N7O8S. The van der Waals surface area contributed by atoms with Gasteiger partial charge in [-0.3, -0.25) is 24.0 Å². The highest BCUT2D eigenvalue weighted by atomic mass is 32.1. The average Bonchev–Trinajstić information content (AvgIpc) is 3.71. The topological polar surface area (TPSA) is 206 Å². The standard InChI is InChI=1S/C43H69N7O8S/c1-10-12-15-22-57-50(40(53)36(28(5)11-2)49(9)39(52)32-16-13-14-21-46-32)34(27(3)4)24-35(58-42(56)45-8)38-48-33(26-59-38)37(51)47-31(25-43(6,7)41(54)55)23-29-17-19-30(44)20-18-29/h17-20,26-28,31-32,34-36,46H,10-16,21-25,44H2,1-9H3,(H,45,56)(H,47,51)(H,54,55)/t28-,31-,32+,34+,35+,36-/m0/s1. The molecule has 1 aromatic carbocycles. The van der Waals surface area contributed by atoms with Crippen molar-refractivity contribution in [2.24, 2.45) is 17.3 Å². The number of amides is 4. The van der Waals surface area contributed by atoms with Gasteiger partial charge >= 0.3 is 12.1 Å². The summed E-state index contributed by atoms with van der Waals surface area (Å²) in [7, 11) is 3.13. The summed E-state index contributed by atoms with van der Waals surface area (Å²) in [4.78, 5) is 80.1.